The molecule has 43 heavy (non-hydrogen) atoms. The molecule has 8 nitrogen and oxygen atoms in total. The molecule has 1 aliphatic carbocycles. The summed E-state index contributed by atoms with van der Waals surface area (Å²) in [5, 5.41) is 12.0. The summed E-state index contributed by atoms with van der Waals surface area (Å²) < 4.78 is 74.7. The fourth-order valence-electron chi connectivity index (χ4n) is 5.00. The second kappa shape index (κ2) is 11.5. The summed E-state index contributed by atoms with van der Waals surface area (Å²) in [5.74, 6) is -3.20. The molecule has 1 fully saturated rings. The van der Waals surface area contributed by atoms with Crippen LogP contribution in [0.5, 0.6) is 0 Å². The van der Waals surface area contributed by atoms with Gasteiger partial charge in [-0.3, -0.25) is 9.78 Å². The van der Waals surface area contributed by atoms with E-state index in [1.54, 1.807) is 25.4 Å². The minimum atomic E-state index is -5.03. The van der Waals surface area contributed by atoms with Crippen molar-refractivity contribution in [3.8, 4) is 11.1 Å². The van der Waals surface area contributed by atoms with Crippen LogP contribution in [0.25, 0.3) is 11.1 Å². The van der Waals surface area contributed by atoms with Crippen LogP contribution in [-0.4, -0.2) is 31.2 Å². The van der Waals surface area contributed by atoms with Gasteiger partial charge in [-0.1, -0.05) is 6.07 Å². The largest absolute Gasteiger partial charge is 0.463 e. The number of halogens is 5. The first-order valence-electron chi connectivity index (χ1n) is 13.2. The van der Waals surface area contributed by atoms with Crippen molar-refractivity contribution in [3.63, 3.8) is 0 Å². The predicted octanol–water partition coefficient (Wildman–Crippen LogP) is 6.00. The number of aromatic nitrogens is 3. The Morgan fingerprint density at radius 1 is 1.09 bits per heavy atom. The van der Waals surface area contributed by atoms with Crippen LogP contribution in [0.2, 0.25) is 0 Å². The van der Waals surface area contributed by atoms with E-state index in [-0.39, 0.29) is 29.7 Å². The van der Waals surface area contributed by atoms with Crippen LogP contribution in [0, 0.1) is 24.5 Å². The van der Waals surface area contributed by atoms with Crippen LogP contribution in [0.4, 0.5) is 26.7 Å². The third-order valence-corrected chi connectivity index (χ3v) is 7.18. The molecule has 2 N–H and O–H groups in total. The highest BCUT2D eigenvalue weighted by molar-refractivity contribution is 5.96. The summed E-state index contributed by atoms with van der Waals surface area (Å²) in [5.41, 5.74) is -1.53. The van der Waals surface area contributed by atoms with Gasteiger partial charge < -0.3 is 19.6 Å². The average molecular weight is 600 g/mol. The molecule has 2 heterocycles. The Kier molecular flexibility index (Phi) is 7.91. The van der Waals surface area contributed by atoms with E-state index in [2.05, 4.69) is 15.3 Å². The number of aryl methyl sites for hydroxylation is 2. The summed E-state index contributed by atoms with van der Waals surface area (Å²) in [7, 11) is 1.54. The molecule has 2 amide bonds. The number of nitrogens with one attached hydrogen (secondary N) is 1. The maximum Gasteiger partial charge on any atom is 0.434 e. The van der Waals surface area contributed by atoms with Crippen LogP contribution >= 0.6 is 0 Å². The maximum absolute atomic E-state index is 16.1. The van der Waals surface area contributed by atoms with Gasteiger partial charge in [0.05, 0.1) is 29.4 Å². The van der Waals surface area contributed by atoms with Crippen LogP contribution in [0.3, 0.4) is 0 Å². The number of benzene rings is 2. The van der Waals surface area contributed by atoms with Crippen molar-refractivity contribution in [3.05, 3.63) is 106 Å². The van der Waals surface area contributed by atoms with Gasteiger partial charge in [-0.15, -0.1) is 4.99 Å². The molecule has 0 spiro atoms. The zero-order valence-electron chi connectivity index (χ0n) is 23.0. The smallest absolute Gasteiger partial charge is 0.434 e. The third-order valence-electron chi connectivity index (χ3n) is 7.18. The highest BCUT2D eigenvalue weighted by Gasteiger charge is 2.37. The normalized spacial score (nSPS) is 14.5. The molecule has 0 bridgehead atoms. The first-order chi connectivity index (χ1) is 20.3. The molecule has 2 aromatic carbocycles. The number of imidazole rings is 1. The Balaban J connectivity index is 1.65. The monoisotopic (exact) mass is 599 g/mol. The number of nitrogens with zero attached hydrogens (tertiary/aromatic N) is 4. The first-order valence-corrected chi connectivity index (χ1v) is 13.2. The van der Waals surface area contributed by atoms with Gasteiger partial charge in [0.1, 0.15) is 11.6 Å². The van der Waals surface area contributed by atoms with Gasteiger partial charge in [-0.25, -0.2) is 13.6 Å². The fraction of sp³-hybridized carbons (Fsp3) is 0.267. The van der Waals surface area contributed by atoms with E-state index in [4.69, 9.17) is 0 Å². The summed E-state index contributed by atoms with van der Waals surface area (Å²) in [6.45, 7) is 1.69. The van der Waals surface area contributed by atoms with Crippen LogP contribution in [-0.2, 0) is 19.8 Å². The van der Waals surface area contributed by atoms with E-state index in [0.29, 0.717) is 5.69 Å². The number of carbonyl (C=O) groups is 2. The highest BCUT2D eigenvalue weighted by Crippen LogP contribution is 2.42. The van der Waals surface area contributed by atoms with Gasteiger partial charge in [-0.2, -0.15) is 13.2 Å². The lowest BCUT2D eigenvalue weighted by atomic mass is 9.94. The maximum atomic E-state index is 16.1. The quantitative estimate of drug-likeness (QED) is 0.255. The molecule has 1 saturated carbocycles. The van der Waals surface area contributed by atoms with Crippen molar-refractivity contribution in [1.29, 1.82) is 0 Å². The summed E-state index contributed by atoms with van der Waals surface area (Å²) in [6.07, 6.45) is -0.314. The number of hydrogen-bond donors (Lipinski definition) is 2. The van der Waals surface area contributed by atoms with Gasteiger partial charge in [-0.05, 0) is 78.8 Å². The number of pyridine rings is 1. The molecule has 13 heteroatoms. The van der Waals surface area contributed by atoms with E-state index in [0.717, 1.165) is 36.6 Å². The average Bonchev–Trinajstić information content (AvgIpc) is 3.72. The van der Waals surface area contributed by atoms with Crippen molar-refractivity contribution in [2.75, 3.05) is 0 Å². The van der Waals surface area contributed by atoms with Gasteiger partial charge >= 0.3 is 12.3 Å². The second-order valence-corrected chi connectivity index (χ2v) is 10.5. The Morgan fingerprint density at radius 2 is 1.84 bits per heavy atom. The number of carbonyl (C=O) groups excluding carboxylic acids is 1. The molecular weight excluding hydrogens is 573 g/mol. The van der Waals surface area contributed by atoms with Gasteiger partial charge in [0.15, 0.2) is 0 Å². The van der Waals surface area contributed by atoms with Crippen molar-refractivity contribution in [2.45, 2.75) is 38.5 Å². The summed E-state index contributed by atoms with van der Waals surface area (Å²) >= 11 is 0. The molecule has 0 radical (unpaired) electrons. The minimum absolute atomic E-state index is 0.0125. The second-order valence-electron chi connectivity index (χ2n) is 10.5. The predicted molar refractivity (Wildman–Crippen MR) is 145 cm³/mol. The number of amides is 2. The lowest BCUT2D eigenvalue weighted by Gasteiger charge is -2.20. The van der Waals surface area contributed by atoms with Crippen molar-refractivity contribution >= 4 is 12.0 Å². The zero-order valence-corrected chi connectivity index (χ0v) is 23.0. The highest BCUT2D eigenvalue weighted by atomic mass is 19.4. The van der Waals surface area contributed by atoms with Crippen LogP contribution in [0.1, 0.15) is 51.6 Å². The van der Waals surface area contributed by atoms with Gasteiger partial charge in [0.25, 0.3) is 5.91 Å². The first kappa shape index (κ1) is 29.7. The van der Waals surface area contributed by atoms with E-state index in [9.17, 15) is 32.3 Å². The molecule has 0 aliphatic heterocycles. The third kappa shape index (κ3) is 6.50. The van der Waals surface area contributed by atoms with Crippen molar-refractivity contribution in [1.82, 2.24) is 19.4 Å². The van der Waals surface area contributed by atoms with Gasteiger partial charge in [0, 0.05) is 31.2 Å². The van der Waals surface area contributed by atoms with Crippen molar-refractivity contribution < 1.29 is 36.6 Å². The van der Waals surface area contributed by atoms with E-state index in [1.807, 2.05) is 6.92 Å². The fourth-order valence-corrected chi connectivity index (χ4v) is 5.00. The van der Waals surface area contributed by atoms with Gasteiger partial charge in [0.2, 0.25) is 5.62 Å². The standard InChI is InChI=1S/C30H26F5N5O3/c1-16-7-8-36-24(11-16)26(18-3-4-18)37-27(41)22-13-17(15-40-10-9-39(2)28(40)38-29(42)43)12-21(25(22)32)20-6-5-19(31)14-23(20)30(33,34)35/h5-14,18,26H,3-4,15H2,1-2H3,(H,37,41)(H,42,43). The molecule has 1 unspecified atom stereocenters. The van der Waals surface area contributed by atoms with E-state index >= 15 is 4.39 Å². The molecule has 224 valence electrons. The Hall–Kier alpha value is -4.81. The Labute approximate surface area is 242 Å². The van der Waals surface area contributed by atoms with Crippen LogP contribution < -0.4 is 10.9 Å². The Bertz CT molecular complexity index is 1790. The molecule has 1 aliphatic rings. The minimum Gasteiger partial charge on any atom is -0.463 e. The summed E-state index contributed by atoms with van der Waals surface area (Å²) in [6, 6.07) is 7.21. The van der Waals surface area contributed by atoms with Crippen molar-refractivity contribution in [2.24, 2.45) is 18.0 Å². The number of carboxylic acid groups (broad SMARTS) is 1. The van der Waals surface area contributed by atoms with Crippen LogP contribution in [0.15, 0.2) is 66.0 Å². The summed E-state index contributed by atoms with van der Waals surface area (Å²) in [4.78, 5) is 32.8. The molecule has 5 rings (SSSR count). The number of rotatable bonds is 7. The SMILES string of the molecule is Cc1ccnc(C(NC(=O)c2cc(Cn3ccn(C)c3=NC(=O)O)cc(-c3ccc(F)cc3C(F)(F)F)c2F)C2CC2)c1. The molecule has 2 aromatic heterocycles. The molecular formula is C30H26F5N5O3. The number of alkyl halides is 3. The molecule has 0 saturated heterocycles. The van der Waals surface area contributed by atoms with E-state index in [1.165, 1.54) is 27.6 Å². The Morgan fingerprint density at radius 3 is 2.49 bits per heavy atom. The van der Waals surface area contributed by atoms with E-state index < -0.39 is 58.1 Å². The lowest BCUT2D eigenvalue weighted by molar-refractivity contribution is -0.137. The topological polar surface area (TPSA) is 102 Å². The molecule has 4 aromatic rings. The lowest BCUT2D eigenvalue weighted by Crippen LogP contribution is -2.31. The number of hydrogen-bond acceptors (Lipinski definition) is 3. The zero-order chi connectivity index (χ0) is 31.1. The molecule has 1 atom stereocenters.